The molecule has 0 unspecified atom stereocenters. The lowest BCUT2D eigenvalue weighted by molar-refractivity contribution is 0.107. The van der Waals surface area contributed by atoms with E-state index in [1.54, 1.807) is 30.1 Å². The Kier molecular flexibility index (Phi) is 5.42. The van der Waals surface area contributed by atoms with Crippen molar-refractivity contribution < 1.29 is 18.3 Å². The van der Waals surface area contributed by atoms with Gasteiger partial charge in [-0.25, -0.2) is 8.78 Å². The van der Waals surface area contributed by atoms with Gasteiger partial charge in [-0.05, 0) is 37.6 Å². The summed E-state index contributed by atoms with van der Waals surface area (Å²) in [5.41, 5.74) is 1.61. The molecule has 38 heavy (non-hydrogen) atoms. The van der Waals surface area contributed by atoms with Gasteiger partial charge in [-0.3, -0.25) is 9.58 Å². The van der Waals surface area contributed by atoms with Crippen molar-refractivity contribution in [3.8, 4) is 22.9 Å². The molecular formula is C27H27ClF2N6O2. The van der Waals surface area contributed by atoms with Crippen LogP contribution in [0.5, 0.6) is 11.8 Å². The molecule has 7 rings (SSSR count). The first-order valence-electron chi connectivity index (χ1n) is 12.9. The maximum atomic E-state index is 15.4. The topological polar surface area (TPSA) is 68.5 Å². The Morgan fingerprint density at radius 3 is 2.97 bits per heavy atom. The van der Waals surface area contributed by atoms with Crippen molar-refractivity contribution in [1.29, 1.82) is 0 Å². The fourth-order valence-electron chi connectivity index (χ4n) is 6.39. The maximum Gasteiger partial charge on any atom is 0.319 e. The number of likely N-dealkylation sites (N-methyl/N-ethyl adjacent to an activating group) is 1. The van der Waals surface area contributed by atoms with Crippen molar-refractivity contribution in [1.82, 2.24) is 24.6 Å². The zero-order valence-corrected chi connectivity index (χ0v) is 21.9. The van der Waals surface area contributed by atoms with E-state index in [9.17, 15) is 4.39 Å². The number of nitrogens with zero attached hydrogens (tertiary/aromatic N) is 6. The van der Waals surface area contributed by atoms with Crippen LogP contribution in [0.3, 0.4) is 0 Å². The Labute approximate surface area is 223 Å². The normalized spacial score (nSPS) is 23.2. The van der Waals surface area contributed by atoms with Crippen LogP contribution in [0.1, 0.15) is 19.3 Å². The molecule has 5 heterocycles. The molecule has 2 aromatic heterocycles. The van der Waals surface area contributed by atoms with Crippen LogP contribution in [-0.2, 0) is 7.05 Å². The Morgan fingerprint density at radius 2 is 2.11 bits per heavy atom. The molecule has 0 spiro atoms. The monoisotopic (exact) mass is 540 g/mol. The van der Waals surface area contributed by atoms with Gasteiger partial charge in [0.15, 0.2) is 5.75 Å². The van der Waals surface area contributed by atoms with Gasteiger partial charge in [0, 0.05) is 43.6 Å². The maximum absolute atomic E-state index is 15.4. The lowest BCUT2D eigenvalue weighted by Crippen LogP contribution is -2.43. The van der Waals surface area contributed by atoms with Crippen LogP contribution in [-0.4, -0.2) is 76.3 Å². The van der Waals surface area contributed by atoms with Crippen molar-refractivity contribution in [2.75, 3.05) is 44.8 Å². The van der Waals surface area contributed by atoms with Gasteiger partial charge < -0.3 is 14.4 Å². The molecule has 0 bridgehead atoms. The molecule has 2 aromatic carbocycles. The Hall–Kier alpha value is -3.24. The molecule has 198 valence electrons. The summed E-state index contributed by atoms with van der Waals surface area (Å²) in [6, 6.07) is 5.07. The quantitative estimate of drug-likeness (QED) is 0.370. The van der Waals surface area contributed by atoms with Crippen LogP contribution >= 0.6 is 11.6 Å². The minimum atomic E-state index is -0.846. The van der Waals surface area contributed by atoms with Crippen LogP contribution in [0.25, 0.3) is 32.9 Å². The average molecular weight is 541 g/mol. The van der Waals surface area contributed by atoms with E-state index >= 15 is 4.39 Å². The molecule has 0 N–H and O–H groups in total. The summed E-state index contributed by atoms with van der Waals surface area (Å²) in [6.07, 6.45) is 3.22. The van der Waals surface area contributed by atoms with Crippen molar-refractivity contribution in [3.05, 3.63) is 35.2 Å². The number of anilines is 1. The molecule has 8 nitrogen and oxygen atoms in total. The average Bonchev–Trinajstić information content (AvgIpc) is 3.51. The largest absolute Gasteiger partial charge is 0.489 e. The molecule has 0 aliphatic carbocycles. The fraction of sp³-hybridized carbons (Fsp3) is 0.444. The van der Waals surface area contributed by atoms with E-state index in [-0.39, 0.29) is 11.5 Å². The predicted octanol–water partition coefficient (Wildman–Crippen LogP) is 4.76. The van der Waals surface area contributed by atoms with Crippen LogP contribution < -0.4 is 14.4 Å². The first-order chi connectivity index (χ1) is 18.3. The van der Waals surface area contributed by atoms with Gasteiger partial charge in [-0.2, -0.15) is 15.1 Å². The summed E-state index contributed by atoms with van der Waals surface area (Å²) in [7, 11) is 3.69. The zero-order chi connectivity index (χ0) is 26.2. The molecular weight excluding hydrogens is 514 g/mol. The molecule has 0 saturated carbocycles. The highest BCUT2D eigenvalue weighted by Crippen LogP contribution is 2.47. The second-order valence-electron chi connectivity index (χ2n) is 10.6. The highest BCUT2D eigenvalue weighted by Gasteiger charge is 2.49. The number of ether oxygens (including phenoxy) is 2. The minimum absolute atomic E-state index is 0.197. The molecule has 0 amide bonds. The van der Waals surface area contributed by atoms with Crippen LogP contribution in [0.4, 0.5) is 14.6 Å². The zero-order valence-electron chi connectivity index (χ0n) is 21.2. The fourth-order valence-corrected chi connectivity index (χ4v) is 6.69. The lowest BCUT2D eigenvalue weighted by Gasteiger charge is -2.31. The second-order valence-corrected chi connectivity index (χ2v) is 10.9. The van der Waals surface area contributed by atoms with E-state index < -0.39 is 12.0 Å². The molecule has 2 fully saturated rings. The number of aromatic nitrogens is 4. The highest BCUT2D eigenvalue weighted by molar-refractivity contribution is 6.37. The molecule has 4 aromatic rings. The van der Waals surface area contributed by atoms with Crippen molar-refractivity contribution in [2.45, 2.75) is 31.0 Å². The lowest BCUT2D eigenvalue weighted by atomic mass is 9.95. The minimum Gasteiger partial charge on any atom is -0.489 e. The Balaban J connectivity index is 1.39. The Bertz CT molecular complexity index is 1600. The van der Waals surface area contributed by atoms with E-state index in [1.165, 1.54) is 6.07 Å². The van der Waals surface area contributed by atoms with Gasteiger partial charge in [-0.1, -0.05) is 11.6 Å². The number of rotatable bonds is 4. The number of alkyl halides is 1. The third-order valence-electron chi connectivity index (χ3n) is 8.23. The summed E-state index contributed by atoms with van der Waals surface area (Å²) in [5, 5.41) is 6.04. The van der Waals surface area contributed by atoms with Gasteiger partial charge in [0.1, 0.15) is 31.0 Å². The van der Waals surface area contributed by atoms with E-state index in [4.69, 9.17) is 31.0 Å². The van der Waals surface area contributed by atoms with Crippen molar-refractivity contribution >= 4 is 39.2 Å². The smallest absolute Gasteiger partial charge is 0.319 e. The van der Waals surface area contributed by atoms with Gasteiger partial charge in [0.05, 0.1) is 39.7 Å². The molecule has 3 aliphatic rings. The van der Waals surface area contributed by atoms with E-state index in [0.717, 1.165) is 24.8 Å². The van der Waals surface area contributed by atoms with Gasteiger partial charge in [0.25, 0.3) is 0 Å². The summed E-state index contributed by atoms with van der Waals surface area (Å²) < 4.78 is 43.6. The third-order valence-corrected chi connectivity index (χ3v) is 8.60. The van der Waals surface area contributed by atoms with Crippen LogP contribution in [0.2, 0.25) is 5.02 Å². The number of aryl methyl sites for hydroxylation is 1. The summed E-state index contributed by atoms with van der Waals surface area (Å²) in [6.45, 7) is 2.58. The number of fused-ring (bicyclic) bond motifs is 2. The molecule has 3 aliphatic heterocycles. The number of benzene rings is 2. The van der Waals surface area contributed by atoms with E-state index in [0.29, 0.717) is 76.9 Å². The number of hydrogen-bond donors (Lipinski definition) is 0. The summed E-state index contributed by atoms with van der Waals surface area (Å²) in [4.78, 5) is 13.6. The molecule has 2 atom stereocenters. The molecule has 0 radical (unpaired) electrons. The third kappa shape index (κ3) is 3.53. The SMILES string of the molecule is CN1CCOc2c(Cl)c(-c3c(F)ccc4cnn(C)c34)cc3nc(OC[C@@]45CCCN4C[C@H](F)C5)nc1c23. The Morgan fingerprint density at radius 1 is 1.24 bits per heavy atom. The highest BCUT2D eigenvalue weighted by atomic mass is 35.5. The second kappa shape index (κ2) is 8.64. The van der Waals surface area contributed by atoms with Gasteiger partial charge in [-0.15, -0.1) is 0 Å². The summed E-state index contributed by atoms with van der Waals surface area (Å²) in [5.74, 6) is 0.620. The summed E-state index contributed by atoms with van der Waals surface area (Å²) >= 11 is 6.93. The predicted molar refractivity (Wildman–Crippen MR) is 142 cm³/mol. The van der Waals surface area contributed by atoms with Crippen molar-refractivity contribution in [3.63, 3.8) is 0 Å². The first kappa shape index (κ1) is 23.8. The van der Waals surface area contributed by atoms with Gasteiger partial charge >= 0.3 is 6.01 Å². The number of halogens is 3. The molecule has 11 heteroatoms. The van der Waals surface area contributed by atoms with E-state index in [1.807, 2.05) is 11.9 Å². The van der Waals surface area contributed by atoms with E-state index in [2.05, 4.69) is 10.00 Å². The molecule has 2 saturated heterocycles. The standard InChI is InChI=1S/C27H27ClF2N6O2/c1-34-8-9-37-24-21-19(10-17(22(24)28)20-18(30)5-4-15-12-31-35(2)23(15)20)32-26(33-25(21)34)38-14-27-6-3-7-36(27)13-16(29)11-27/h4-5,10,12,16H,3,6-9,11,13-14H2,1-2H3/t16-,27+/m1/s1. The van der Waals surface area contributed by atoms with Gasteiger partial charge in [0.2, 0.25) is 0 Å². The first-order valence-corrected chi connectivity index (χ1v) is 13.2. The number of hydrogen-bond acceptors (Lipinski definition) is 7. The van der Waals surface area contributed by atoms with Crippen LogP contribution in [0, 0.1) is 5.82 Å². The van der Waals surface area contributed by atoms with Crippen molar-refractivity contribution in [2.24, 2.45) is 7.05 Å². The van der Waals surface area contributed by atoms with Crippen LogP contribution in [0.15, 0.2) is 24.4 Å².